The lowest BCUT2D eigenvalue weighted by Crippen LogP contribution is -2.09. The van der Waals surface area contributed by atoms with Crippen LogP contribution in [0.4, 0.5) is 23.4 Å². The number of hydrogen-bond donors (Lipinski definition) is 1. The topological polar surface area (TPSA) is 37.8 Å². The van der Waals surface area contributed by atoms with Crippen LogP contribution in [-0.4, -0.2) is 9.97 Å². The van der Waals surface area contributed by atoms with E-state index in [1.807, 2.05) is 36.4 Å². The molecule has 5 rings (SSSR count). The van der Waals surface area contributed by atoms with Crippen molar-refractivity contribution < 1.29 is 17.6 Å². The number of alkyl halides is 3. The van der Waals surface area contributed by atoms with Crippen molar-refractivity contribution >= 4 is 16.7 Å². The minimum atomic E-state index is -4.52. The molecule has 0 aliphatic carbocycles. The molecule has 4 aromatic carbocycles. The summed E-state index contributed by atoms with van der Waals surface area (Å²) in [7, 11) is 0. The Morgan fingerprint density at radius 3 is 2.03 bits per heavy atom. The Morgan fingerprint density at radius 2 is 1.31 bits per heavy atom. The second-order valence-electron chi connectivity index (χ2n) is 8.01. The minimum Gasteiger partial charge on any atom is -0.365 e. The Balaban J connectivity index is 1.46. The van der Waals surface area contributed by atoms with Crippen LogP contribution in [0.25, 0.3) is 33.4 Å². The number of anilines is 1. The van der Waals surface area contributed by atoms with Crippen molar-refractivity contribution in [2.75, 3.05) is 5.32 Å². The molecule has 1 aromatic heterocycles. The van der Waals surface area contributed by atoms with Gasteiger partial charge in [0.1, 0.15) is 11.6 Å². The average Bonchev–Trinajstić information content (AvgIpc) is 2.87. The fourth-order valence-electron chi connectivity index (χ4n) is 3.90. The summed E-state index contributed by atoms with van der Waals surface area (Å²) in [5, 5.41) is 3.97. The third-order valence-electron chi connectivity index (χ3n) is 5.67. The predicted octanol–water partition coefficient (Wildman–Crippen LogP) is 7.73. The highest BCUT2D eigenvalue weighted by Gasteiger charge is 2.34. The Labute approximate surface area is 199 Å². The third-order valence-corrected chi connectivity index (χ3v) is 5.67. The van der Waals surface area contributed by atoms with Crippen molar-refractivity contribution in [1.82, 2.24) is 9.97 Å². The van der Waals surface area contributed by atoms with Gasteiger partial charge in [0.2, 0.25) is 0 Å². The highest BCUT2D eigenvalue weighted by Crippen LogP contribution is 2.37. The van der Waals surface area contributed by atoms with Crippen LogP contribution < -0.4 is 5.32 Å². The van der Waals surface area contributed by atoms with Gasteiger partial charge in [-0.05, 0) is 47.0 Å². The van der Waals surface area contributed by atoms with Crippen LogP contribution in [0.3, 0.4) is 0 Å². The van der Waals surface area contributed by atoms with E-state index in [1.165, 1.54) is 24.3 Å². The molecule has 0 bridgehead atoms. The zero-order valence-corrected chi connectivity index (χ0v) is 18.4. The number of aromatic nitrogens is 2. The van der Waals surface area contributed by atoms with E-state index in [2.05, 4.69) is 15.3 Å². The van der Waals surface area contributed by atoms with E-state index < -0.39 is 11.7 Å². The summed E-state index contributed by atoms with van der Waals surface area (Å²) in [5.74, 6) is 0.167. The standard InChI is InChI=1S/C28H19F4N3/c29-21-15-13-20(14-16-21)19-11-9-18(10-12-19)17-33-26-23-6-2-4-8-25(23)34-27(35-26)22-5-1-3-7-24(22)28(30,31)32/h1-16H,17H2,(H,33,34,35). The summed E-state index contributed by atoms with van der Waals surface area (Å²) in [6.45, 7) is 0.408. The molecule has 3 nitrogen and oxygen atoms in total. The average molecular weight is 473 g/mol. The van der Waals surface area contributed by atoms with Gasteiger partial charge in [-0.1, -0.05) is 66.7 Å². The van der Waals surface area contributed by atoms with Crippen LogP contribution in [0.15, 0.2) is 97.1 Å². The Hall–Kier alpha value is -4.26. The number of para-hydroxylation sites is 1. The third kappa shape index (κ3) is 4.84. The molecule has 0 radical (unpaired) electrons. The Morgan fingerprint density at radius 1 is 0.686 bits per heavy atom. The number of rotatable bonds is 5. The van der Waals surface area contributed by atoms with Gasteiger partial charge in [-0.15, -0.1) is 0 Å². The van der Waals surface area contributed by atoms with E-state index in [-0.39, 0.29) is 17.2 Å². The fourth-order valence-corrected chi connectivity index (χ4v) is 3.90. The molecule has 0 amide bonds. The van der Waals surface area contributed by atoms with Crippen molar-refractivity contribution in [3.05, 3.63) is 114 Å². The van der Waals surface area contributed by atoms with E-state index >= 15 is 0 Å². The van der Waals surface area contributed by atoms with Gasteiger partial charge in [0.25, 0.3) is 0 Å². The van der Waals surface area contributed by atoms with Crippen molar-refractivity contribution in [2.24, 2.45) is 0 Å². The molecule has 5 aromatic rings. The quantitative estimate of drug-likeness (QED) is 0.265. The molecule has 0 saturated carbocycles. The summed E-state index contributed by atoms with van der Waals surface area (Å²) >= 11 is 0. The number of benzene rings is 4. The smallest absolute Gasteiger partial charge is 0.365 e. The van der Waals surface area contributed by atoms with Crippen molar-refractivity contribution in [3.8, 4) is 22.5 Å². The first-order valence-corrected chi connectivity index (χ1v) is 10.9. The summed E-state index contributed by atoms with van der Waals surface area (Å²) < 4.78 is 54.0. The predicted molar refractivity (Wildman–Crippen MR) is 129 cm³/mol. The van der Waals surface area contributed by atoms with Gasteiger partial charge >= 0.3 is 6.18 Å². The lowest BCUT2D eigenvalue weighted by atomic mass is 10.0. The lowest BCUT2D eigenvalue weighted by Gasteiger charge is -2.14. The van der Waals surface area contributed by atoms with Gasteiger partial charge in [-0.25, -0.2) is 14.4 Å². The zero-order chi connectivity index (χ0) is 24.4. The fraction of sp³-hybridized carbons (Fsp3) is 0.0714. The van der Waals surface area contributed by atoms with Crippen LogP contribution in [-0.2, 0) is 12.7 Å². The van der Waals surface area contributed by atoms with Crippen LogP contribution in [0.1, 0.15) is 11.1 Å². The second kappa shape index (κ2) is 9.18. The lowest BCUT2D eigenvalue weighted by molar-refractivity contribution is -0.137. The molecule has 1 N–H and O–H groups in total. The molecule has 0 fully saturated rings. The first-order valence-electron chi connectivity index (χ1n) is 10.9. The molecule has 35 heavy (non-hydrogen) atoms. The summed E-state index contributed by atoms with van der Waals surface area (Å²) in [5.41, 5.74) is 2.50. The number of fused-ring (bicyclic) bond motifs is 1. The number of nitrogens with one attached hydrogen (secondary N) is 1. The van der Waals surface area contributed by atoms with Crippen molar-refractivity contribution in [3.63, 3.8) is 0 Å². The van der Waals surface area contributed by atoms with E-state index in [9.17, 15) is 17.6 Å². The highest BCUT2D eigenvalue weighted by atomic mass is 19.4. The molecule has 1 heterocycles. The maximum atomic E-state index is 13.6. The van der Waals surface area contributed by atoms with Gasteiger partial charge in [0.05, 0.1) is 11.1 Å². The summed E-state index contributed by atoms with van der Waals surface area (Å²) in [6.07, 6.45) is -4.52. The molecular formula is C28H19F4N3. The normalized spacial score (nSPS) is 11.5. The van der Waals surface area contributed by atoms with Gasteiger partial charge in [0, 0.05) is 17.5 Å². The molecule has 0 aliphatic rings. The van der Waals surface area contributed by atoms with Crippen molar-refractivity contribution in [2.45, 2.75) is 12.7 Å². The monoisotopic (exact) mass is 473 g/mol. The van der Waals surface area contributed by atoms with E-state index in [0.717, 1.165) is 22.8 Å². The minimum absolute atomic E-state index is 0.00535. The number of halogens is 4. The molecule has 0 spiro atoms. The Bertz CT molecular complexity index is 1480. The van der Waals surface area contributed by atoms with Gasteiger partial charge in [-0.3, -0.25) is 0 Å². The largest absolute Gasteiger partial charge is 0.417 e. The van der Waals surface area contributed by atoms with Gasteiger partial charge < -0.3 is 5.32 Å². The highest BCUT2D eigenvalue weighted by molar-refractivity contribution is 5.90. The van der Waals surface area contributed by atoms with Crippen LogP contribution >= 0.6 is 0 Å². The molecule has 0 saturated heterocycles. The molecule has 0 unspecified atom stereocenters. The van der Waals surface area contributed by atoms with Gasteiger partial charge in [-0.2, -0.15) is 13.2 Å². The first kappa shape index (κ1) is 22.5. The van der Waals surface area contributed by atoms with Crippen LogP contribution in [0, 0.1) is 5.82 Å². The van der Waals surface area contributed by atoms with Gasteiger partial charge in [0.15, 0.2) is 5.82 Å². The zero-order valence-electron chi connectivity index (χ0n) is 18.4. The van der Waals surface area contributed by atoms with Crippen molar-refractivity contribution in [1.29, 1.82) is 0 Å². The van der Waals surface area contributed by atoms with Crippen LogP contribution in [0.2, 0.25) is 0 Å². The maximum absolute atomic E-state index is 13.6. The van der Waals surface area contributed by atoms with E-state index in [1.54, 1.807) is 30.3 Å². The number of nitrogens with zero attached hydrogens (tertiary/aromatic N) is 2. The summed E-state index contributed by atoms with van der Waals surface area (Å²) in [6, 6.07) is 26.5. The SMILES string of the molecule is Fc1ccc(-c2ccc(CNc3nc(-c4ccccc4C(F)(F)F)nc4ccccc34)cc2)cc1. The second-order valence-corrected chi connectivity index (χ2v) is 8.01. The van der Waals surface area contributed by atoms with E-state index in [0.29, 0.717) is 23.3 Å². The first-order chi connectivity index (χ1) is 16.9. The number of hydrogen-bond acceptors (Lipinski definition) is 3. The molecule has 0 atom stereocenters. The van der Waals surface area contributed by atoms with Crippen LogP contribution in [0.5, 0.6) is 0 Å². The maximum Gasteiger partial charge on any atom is 0.417 e. The summed E-state index contributed by atoms with van der Waals surface area (Å²) in [4.78, 5) is 8.88. The molecule has 174 valence electrons. The van der Waals surface area contributed by atoms with E-state index in [4.69, 9.17) is 0 Å². The molecule has 7 heteroatoms. The molecule has 0 aliphatic heterocycles. The Kier molecular flexibility index (Phi) is 5.91. The molecular weight excluding hydrogens is 454 g/mol.